The van der Waals surface area contributed by atoms with E-state index in [9.17, 15) is 18.0 Å². The van der Waals surface area contributed by atoms with Crippen molar-refractivity contribution in [2.24, 2.45) is 0 Å². The lowest BCUT2D eigenvalue weighted by atomic mass is 10.2. The zero-order valence-corrected chi connectivity index (χ0v) is 16.9. The van der Waals surface area contributed by atoms with Crippen LogP contribution in [0.5, 0.6) is 0 Å². The predicted octanol–water partition coefficient (Wildman–Crippen LogP) is 2.47. The minimum Gasteiger partial charge on any atom is -0.378 e. The second kappa shape index (κ2) is 9.58. The molecule has 0 aliphatic rings. The van der Waals surface area contributed by atoms with Crippen LogP contribution < -0.4 is 16.2 Å². The number of alkyl halides is 3. The summed E-state index contributed by atoms with van der Waals surface area (Å²) in [6, 6.07) is 3.25. The van der Waals surface area contributed by atoms with Crippen LogP contribution in [0.15, 0.2) is 23.3 Å². The van der Waals surface area contributed by atoms with Gasteiger partial charge in [-0.1, -0.05) is 11.3 Å². The topological polar surface area (TPSA) is 144 Å². The van der Waals surface area contributed by atoms with Crippen LogP contribution in [-0.2, 0) is 24.1 Å². The van der Waals surface area contributed by atoms with Crippen LogP contribution in [0.2, 0.25) is 0 Å². The number of aromatic amines is 2. The average Bonchev–Trinajstić information content (AvgIpc) is 3.34. The van der Waals surface area contributed by atoms with Gasteiger partial charge in [0, 0.05) is 6.04 Å². The third-order valence-corrected chi connectivity index (χ3v) is 4.75. The van der Waals surface area contributed by atoms with Crippen LogP contribution in [0.3, 0.4) is 0 Å². The minimum absolute atomic E-state index is 0.0700. The highest BCUT2D eigenvalue weighted by Crippen LogP contribution is 2.31. The van der Waals surface area contributed by atoms with E-state index >= 15 is 0 Å². The molecule has 164 valence electrons. The molecule has 1 atom stereocenters. The molecule has 14 heteroatoms. The first-order valence-corrected chi connectivity index (χ1v) is 9.70. The Kier molecular flexibility index (Phi) is 6.88. The van der Waals surface area contributed by atoms with Gasteiger partial charge in [-0.3, -0.25) is 9.89 Å². The molecule has 3 aromatic heterocycles. The fraction of sp³-hybridized carbons (Fsp3) is 0.353. The Labute approximate surface area is 177 Å². The molecule has 0 aliphatic carbocycles. The Balaban J connectivity index is 1.47. The summed E-state index contributed by atoms with van der Waals surface area (Å²) in [7, 11) is 0. The SMILES string of the molecule is C[C@@H](COCc1cc(CNc2ncc(C#N)s2)[nH]n1)Nc1cn[nH]c(=O)c1C(F)(F)F. The monoisotopic (exact) mass is 454 g/mol. The van der Waals surface area contributed by atoms with Crippen molar-refractivity contribution in [2.75, 3.05) is 17.2 Å². The Morgan fingerprint density at radius 1 is 1.35 bits per heavy atom. The van der Waals surface area contributed by atoms with Gasteiger partial charge in [0.05, 0.1) is 49.2 Å². The molecule has 3 heterocycles. The van der Waals surface area contributed by atoms with Crippen LogP contribution in [0.1, 0.15) is 28.8 Å². The van der Waals surface area contributed by atoms with Crippen molar-refractivity contribution in [1.82, 2.24) is 25.4 Å². The maximum atomic E-state index is 13.1. The van der Waals surface area contributed by atoms with Crippen LogP contribution >= 0.6 is 11.3 Å². The molecule has 0 bridgehead atoms. The molecule has 0 unspecified atom stereocenters. The van der Waals surface area contributed by atoms with Crippen LogP contribution in [-0.4, -0.2) is 38.0 Å². The quantitative estimate of drug-likeness (QED) is 0.386. The smallest absolute Gasteiger partial charge is 0.378 e. The highest BCUT2D eigenvalue weighted by molar-refractivity contribution is 7.16. The third kappa shape index (κ3) is 6.03. The van der Waals surface area contributed by atoms with E-state index in [1.54, 1.807) is 18.1 Å². The van der Waals surface area contributed by atoms with E-state index in [2.05, 4.69) is 30.9 Å². The highest BCUT2D eigenvalue weighted by atomic mass is 32.1. The standard InChI is InChI=1S/C17H17F3N8O2S/c1-9(25-13-6-24-28-15(29)14(13)17(18,19)20)7-30-8-11-2-10(26-27-11)4-22-16-23-5-12(3-21)31-16/h2,5-6,9H,4,7-8H2,1H3,(H,22,23)(H,26,27)(H2,25,28,29)/t9-/m0/s1. The normalized spacial score (nSPS) is 12.4. The van der Waals surface area contributed by atoms with Crippen molar-refractivity contribution in [3.8, 4) is 6.07 Å². The Morgan fingerprint density at radius 3 is 2.87 bits per heavy atom. The molecular weight excluding hydrogens is 437 g/mol. The van der Waals surface area contributed by atoms with E-state index in [1.165, 1.54) is 17.5 Å². The summed E-state index contributed by atoms with van der Waals surface area (Å²) in [5, 5.41) is 27.2. The number of nitrogens with zero attached hydrogens (tertiary/aromatic N) is 4. The van der Waals surface area contributed by atoms with Gasteiger partial charge in [-0.25, -0.2) is 10.1 Å². The van der Waals surface area contributed by atoms with Gasteiger partial charge >= 0.3 is 6.18 Å². The molecule has 0 aliphatic heterocycles. The summed E-state index contributed by atoms with van der Waals surface area (Å²) in [6.07, 6.45) is -2.42. The molecule has 10 nitrogen and oxygen atoms in total. The van der Waals surface area contributed by atoms with E-state index in [0.29, 0.717) is 22.2 Å². The van der Waals surface area contributed by atoms with Crippen LogP contribution in [0, 0.1) is 11.3 Å². The lowest BCUT2D eigenvalue weighted by Gasteiger charge is -2.18. The predicted molar refractivity (Wildman–Crippen MR) is 105 cm³/mol. The molecular formula is C17H17F3N8O2S. The molecule has 0 radical (unpaired) electrons. The maximum absolute atomic E-state index is 13.1. The summed E-state index contributed by atoms with van der Waals surface area (Å²) >= 11 is 1.23. The van der Waals surface area contributed by atoms with Crippen molar-refractivity contribution >= 4 is 22.2 Å². The Hall–Kier alpha value is -3.44. The lowest BCUT2D eigenvalue weighted by Crippen LogP contribution is -2.29. The molecule has 3 aromatic rings. The molecule has 0 saturated carbocycles. The number of nitriles is 1. The van der Waals surface area contributed by atoms with Crippen molar-refractivity contribution in [3.05, 3.63) is 50.6 Å². The van der Waals surface area contributed by atoms with Crippen molar-refractivity contribution < 1.29 is 17.9 Å². The number of ether oxygens (including phenoxy) is 1. The number of thiazole rings is 1. The van der Waals surface area contributed by atoms with E-state index < -0.39 is 29.0 Å². The van der Waals surface area contributed by atoms with E-state index in [-0.39, 0.29) is 13.2 Å². The number of H-pyrrole nitrogens is 2. The number of rotatable bonds is 9. The van der Waals surface area contributed by atoms with Crippen molar-refractivity contribution in [3.63, 3.8) is 0 Å². The molecule has 0 aromatic carbocycles. The van der Waals surface area contributed by atoms with Gasteiger partial charge in [0.1, 0.15) is 16.5 Å². The van der Waals surface area contributed by atoms with Crippen molar-refractivity contribution in [1.29, 1.82) is 5.26 Å². The van der Waals surface area contributed by atoms with E-state index in [4.69, 9.17) is 10.00 Å². The fourth-order valence-electron chi connectivity index (χ4n) is 2.59. The average molecular weight is 454 g/mol. The summed E-state index contributed by atoms with van der Waals surface area (Å²) in [4.78, 5) is 16.0. The zero-order chi connectivity index (χ0) is 22.4. The molecule has 3 rings (SSSR count). The van der Waals surface area contributed by atoms with Gasteiger partial charge in [-0.2, -0.15) is 28.6 Å². The van der Waals surface area contributed by atoms with Gasteiger partial charge in [0.25, 0.3) is 5.56 Å². The van der Waals surface area contributed by atoms with E-state index in [0.717, 1.165) is 11.9 Å². The van der Waals surface area contributed by atoms with Gasteiger partial charge in [0.2, 0.25) is 0 Å². The maximum Gasteiger partial charge on any atom is 0.423 e. The molecule has 31 heavy (non-hydrogen) atoms. The summed E-state index contributed by atoms with van der Waals surface area (Å²) in [5.41, 5.74) is -1.69. The fourth-order valence-corrected chi connectivity index (χ4v) is 3.20. The van der Waals surface area contributed by atoms with Gasteiger partial charge in [0.15, 0.2) is 5.13 Å². The first-order chi connectivity index (χ1) is 14.8. The first kappa shape index (κ1) is 22.2. The summed E-state index contributed by atoms with van der Waals surface area (Å²) in [5.74, 6) is 0. The number of aromatic nitrogens is 5. The second-order valence-electron chi connectivity index (χ2n) is 6.43. The van der Waals surface area contributed by atoms with Crippen LogP contribution in [0.4, 0.5) is 24.0 Å². The largest absolute Gasteiger partial charge is 0.423 e. The summed E-state index contributed by atoms with van der Waals surface area (Å²) in [6.45, 7) is 2.24. The molecule has 0 spiro atoms. The molecule has 0 amide bonds. The number of hydrogen-bond donors (Lipinski definition) is 4. The summed E-state index contributed by atoms with van der Waals surface area (Å²) < 4.78 is 44.7. The van der Waals surface area contributed by atoms with Crippen LogP contribution in [0.25, 0.3) is 0 Å². The minimum atomic E-state index is -4.81. The Bertz CT molecular complexity index is 1120. The van der Waals surface area contributed by atoms with Gasteiger partial charge in [-0.15, -0.1) is 0 Å². The van der Waals surface area contributed by atoms with Gasteiger partial charge in [-0.05, 0) is 13.0 Å². The third-order valence-electron chi connectivity index (χ3n) is 3.89. The zero-order valence-electron chi connectivity index (χ0n) is 16.1. The van der Waals surface area contributed by atoms with E-state index in [1.807, 2.05) is 6.07 Å². The second-order valence-corrected chi connectivity index (χ2v) is 7.46. The highest BCUT2D eigenvalue weighted by Gasteiger charge is 2.37. The first-order valence-electron chi connectivity index (χ1n) is 8.88. The molecule has 4 N–H and O–H groups in total. The number of hydrogen-bond acceptors (Lipinski definition) is 9. The molecule has 0 saturated heterocycles. The number of nitrogens with one attached hydrogen (secondary N) is 4. The Morgan fingerprint density at radius 2 is 2.16 bits per heavy atom. The number of anilines is 2. The van der Waals surface area contributed by atoms with Crippen molar-refractivity contribution in [2.45, 2.75) is 32.3 Å². The number of halogens is 3. The van der Waals surface area contributed by atoms with Gasteiger partial charge < -0.3 is 15.4 Å². The lowest BCUT2D eigenvalue weighted by molar-refractivity contribution is -0.138. The molecule has 0 fully saturated rings.